The molecule has 4 rings (SSSR count). The fraction of sp³-hybridized carbons (Fsp3) is 0.238. The minimum absolute atomic E-state index is 0.0103. The van der Waals surface area contributed by atoms with Gasteiger partial charge in [0.05, 0.1) is 43.6 Å². The number of hydrogen-bond donors (Lipinski definition) is 1. The fourth-order valence-corrected chi connectivity index (χ4v) is 5.27. The molecule has 3 aromatic rings. The standard InChI is InChI=1S/C21H21NO5S/c1-26-19-10-3-2-6-16(19)13-27-14-17(23)12-22-18-9-4-7-15-8-5-11-20(21(15)18)28(22,24)25/h2-11,17,23H,12-14H2,1H3. The second-order valence-corrected chi connectivity index (χ2v) is 8.48. The highest BCUT2D eigenvalue weighted by Crippen LogP contribution is 2.41. The molecule has 1 heterocycles. The lowest BCUT2D eigenvalue weighted by Crippen LogP contribution is -2.37. The number of rotatable bonds is 7. The Morgan fingerprint density at radius 3 is 2.57 bits per heavy atom. The lowest BCUT2D eigenvalue weighted by atomic mass is 10.1. The maximum Gasteiger partial charge on any atom is 0.265 e. The maximum absolute atomic E-state index is 12.9. The Kier molecular flexibility index (Phi) is 4.97. The van der Waals surface area contributed by atoms with Crippen LogP contribution in [0.3, 0.4) is 0 Å². The number of anilines is 1. The molecule has 28 heavy (non-hydrogen) atoms. The number of hydrogen-bond acceptors (Lipinski definition) is 5. The van der Waals surface area contributed by atoms with Crippen LogP contribution in [0, 0.1) is 0 Å². The number of methoxy groups -OCH3 is 1. The molecule has 146 valence electrons. The van der Waals surface area contributed by atoms with E-state index in [0.29, 0.717) is 16.8 Å². The van der Waals surface area contributed by atoms with Crippen molar-refractivity contribution < 1.29 is 23.0 Å². The lowest BCUT2D eigenvalue weighted by Gasteiger charge is -2.22. The van der Waals surface area contributed by atoms with Crippen LogP contribution >= 0.6 is 0 Å². The van der Waals surface area contributed by atoms with E-state index in [0.717, 1.165) is 10.9 Å². The predicted octanol–water partition coefficient (Wildman–Crippen LogP) is 2.93. The summed E-state index contributed by atoms with van der Waals surface area (Å²) in [4.78, 5) is 0.280. The van der Waals surface area contributed by atoms with E-state index in [9.17, 15) is 13.5 Å². The van der Waals surface area contributed by atoms with Crippen molar-refractivity contribution in [1.82, 2.24) is 0 Å². The summed E-state index contributed by atoms with van der Waals surface area (Å²) in [5.41, 5.74) is 1.46. The number of benzene rings is 3. The molecule has 0 bridgehead atoms. The van der Waals surface area contributed by atoms with Gasteiger partial charge in [-0.1, -0.05) is 42.5 Å². The largest absolute Gasteiger partial charge is 0.496 e. The smallest absolute Gasteiger partial charge is 0.265 e. The molecule has 1 N–H and O–H groups in total. The quantitative estimate of drug-likeness (QED) is 0.661. The number of para-hydroxylation sites is 1. The van der Waals surface area contributed by atoms with Gasteiger partial charge in [0.25, 0.3) is 10.0 Å². The zero-order valence-electron chi connectivity index (χ0n) is 15.4. The molecule has 6 nitrogen and oxygen atoms in total. The first-order valence-electron chi connectivity index (χ1n) is 8.94. The zero-order valence-corrected chi connectivity index (χ0v) is 16.2. The SMILES string of the molecule is COc1ccccc1COCC(O)CN1c2cccc3cccc(c23)S1(=O)=O. The predicted molar refractivity (Wildman–Crippen MR) is 107 cm³/mol. The van der Waals surface area contributed by atoms with E-state index in [4.69, 9.17) is 9.47 Å². The number of aliphatic hydroxyl groups excluding tert-OH is 1. The van der Waals surface area contributed by atoms with E-state index in [2.05, 4.69) is 0 Å². The number of ether oxygens (including phenoxy) is 2. The van der Waals surface area contributed by atoms with Crippen molar-refractivity contribution in [3.05, 3.63) is 66.2 Å². The Bertz CT molecular complexity index is 1110. The molecule has 1 aliphatic rings. The van der Waals surface area contributed by atoms with Gasteiger partial charge in [0, 0.05) is 10.9 Å². The average molecular weight is 399 g/mol. The maximum atomic E-state index is 12.9. The molecule has 1 unspecified atom stereocenters. The van der Waals surface area contributed by atoms with Crippen LogP contribution < -0.4 is 9.04 Å². The highest BCUT2D eigenvalue weighted by Gasteiger charge is 2.36. The molecule has 0 saturated carbocycles. The molecule has 3 aromatic carbocycles. The van der Waals surface area contributed by atoms with E-state index >= 15 is 0 Å². The van der Waals surface area contributed by atoms with Gasteiger partial charge in [-0.25, -0.2) is 8.42 Å². The van der Waals surface area contributed by atoms with E-state index in [1.807, 2.05) is 42.5 Å². The van der Waals surface area contributed by atoms with Crippen LogP contribution in [0.1, 0.15) is 5.56 Å². The molecule has 0 aliphatic carbocycles. The summed E-state index contributed by atoms with van der Waals surface area (Å²) in [6.45, 7) is 0.210. The van der Waals surface area contributed by atoms with Gasteiger partial charge in [0.1, 0.15) is 5.75 Å². The Morgan fingerprint density at radius 2 is 1.79 bits per heavy atom. The molecule has 0 radical (unpaired) electrons. The second kappa shape index (κ2) is 7.43. The van der Waals surface area contributed by atoms with E-state index in [1.54, 1.807) is 25.3 Å². The third kappa shape index (κ3) is 3.22. The van der Waals surface area contributed by atoms with Gasteiger partial charge in [0.15, 0.2) is 0 Å². The third-order valence-corrected chi connectivity index (χ3v) is 6.64. The third-order valence-electron chi connectivity index (χ3n) is 4.82. The number of β-amino-alcohol motifs (C(OH)–C–C–N with tert-alkyl or cyclic N) is 1. The second-order valence-electron chi connectivity index (χ2n) is 6.65. The molecule has 0 amide bonds. The van der Waals surface area contributed by atoms with Gasteiger partial charge in [-0.15, -0.1) is 0 Å². The van der Waals surface area contributed by atoms with Gasteiger partial charge in [0.2, 0.25) is 0 Å². The van der Waals surface area contributed by atoms with Crippen LogP contribution in [-0.2, 0) is 21.4 Å². The van der Waals surface area contributed by atoms with Gasteiger partial charge in [-0.3, -0.25) is 4.31 Å². The summed E-state index contributed by atoms with van der Waals surface area (Å²) in [6, 6.07) is 18.2. The van der Waals surface area contributed by atoms with Crippen LogP contribution in [0.15, 0.2) is 65.6 Å². The molecule has 1 aliphatic heterocycles. The molecule has 1 atom stereocenters. The van der Waals surface area contributed by atoms with Gasteiger partial charge >= 0.3 is 0 Å². The van der Waals surface area contributed by atoms with Crippen molar-refractivity contribution in [2.24, 2.45) is 0 Å². The highest BCUT2D eigenvalue weighted by molar-refractivity contribution is 7.93. The summed E-state index contributed by atoms with van der Waals surface area (Å²) in [5.74, 6) is 0.709. The van der Waals surface area contributed by atoms with Crippen LogP contribution in [0.5, 0.6) is 5.75 Å². The van der Waals surface area contributed by atoms with Crippen LogP contribution in [0.2, 0.25) is 0 Å². The molecule has 0 aromatic heterocycles. The normalized spacial score (nSPS) is 15.7. The Hall–Kier alpha value is -2.61. The highest BCUT2D eigenvalue weighted by atomic mass is 32.2. The summed E-state index contributed by atoms with van der Waals surface area (Å²) in [5, 5.41) is 12.0. The summed E-state index contributed by atoms with van der Waals surface area (Å²) in [6.07, 6.45) is -0.964. The van der Waals surface area contributed by atoms with Gasteiger partial charge in [-0.05, 0) is 23.6 Å². The van der Waals surface area contributed by atoms with Crippen LogP contribution in [-0.4, -0.2) is 39.9 Å². The Balaban J connectivity index is 1.47. The van der Waals surface area contributed by atoms with Crippen LogP contribution in [0.4, 0.5) is 5.69 Å². The van der Waals surface area contributed by atoms with Crippen molar-refractivity contribution in [2.75, 3.05) is 24.6 Å². The van der Waals surface area contributed by atoms with E-state index in [-0.39, 0.29) is 24.7 Å². The first-order chi connectivity index (χ1) is 13.5. The minimum Gasteiger partial charge on any atom is -0.496 e. The molecular weight excluding hydrogens is 378 g/mol. The number of aliphatic hydroxyl groups is 1. The Labute approximate surface area is 164 Å². The van der Waals surface area contributed by atoms with Crippen molar-refractivity contribution in [2.45, 2.75) is 17.6 Å². The molecule has 0 spiro atoms. The zero-order chi connectivity index (χ0) is 19.7. The first-order valence-corrected chi connectivity index (χ1v) is 10.4. The fourth-order valence-electron chi connectivity index (χ4n) is 3.53. The summed E-state index contributed by atoms with van der Waals surface area (Å²) >= 11 is 0. The first kappa shape index (κ1) is 18.7. The van der Waals surface area contributed by atoms with Crippen LogP contribution in [0.25, 0.3) is 10.8 Å². The topological polar surface area (TPSA) is 76.1 Å². The van der Waals surface area contributed by atoms with Crippen molar-refractivity contribution in [3.8, 4) is 5.75 Å². The van der Waals surface area contributed by atoms with Crippen molar-refractivity contribution >= 4 is 26.5 Å². The van der Waals surface area contributed by atoms with E-state index in [1.165, 1.54) is 4.31 Å². The molecule has 0 fully saturated rings. The molecule has 0 saturated heterocycles. The molecular formula is C21H21NO5S. The number of nitrogens with zero attached hydrogens (tertiary/aromatic N) is 1. The number of sulfonamides is 1. The monoisotopic (exact) mass is 399 g/mol. The minimum atomic E-state index is -3.68. The van der Waals surface area contributed by atoms with Crippen molar-refractivity contribution in [1.29, 1.82) is 0 Å². The van der Waals surface area contributed by atoms with Crippen molar-refractivity contribution in [3.63, 3.8) is 0 Å². The summed E-state index contributed by atoms with van der Waals surface area (Å²) < 4.78 is 38.0. The van der Waals surface area contributed by atoms with Gasteiger partial charge in [-0.2, -0.15) is 0 Å². The average Bonchev–Trinajstić information content (AvgIpc) is 2.92. The van der Waals surface area contributed by atoms with Gasteiger partial charge < -0.3 is 14.6 Å². The molecule has 7 heteroatoms. The Morgan fingerprint density at radius 1 is 1.04 bits per heavy atom. The van der Waals surface area contributed by atoms with E-state index < -0.39 is 16.1 Å². The summed E-state index contributed by atoms with van der Waals surface area (Å²) in [7, 11) is -2.10. The lowest BCUT2D eigenvalue weighted by molar-refractivity contribution is 0.0327.